The third-order valence-electron chi connectivity index (χ3n) is 3.32. The monoisotopic (exact) mass is 316 g/mol. The van der Waals surface area contributed by atoms with E-state index >= 15 is 0 Å². The second kappa shape index (κ2) is 5.61. The molecule has 5 nitrogen and oxygen atoms in total. The van der Waals surface area contributed by atoms with Crippen LogP contribution in [-0.4, -0.2) is 23.2 Å². The number of methoxy groups -OCH3 is 1. The summed E-state index contributed by atoms with van der Waals surface area (Å²) >= 11 is 6.13. The number of nitrogens with one attached hydrogen (secondary N) is 2. The molecule has 0 aliphatic heterocycles. The molecular formula is C16H13ClN2O3. The number of hydrogen-bond donors (Lipinski definition) is 3. The summed E-state index contributed by atoms with van der Waals surface area (Å²) in [6, 6.07) is 12.6. The van der Waals surface area contributed by atoms with Gasteiger partial charge < -0.3 is 20.1 Å². The van der Waals surface area contributed by atoms with Gasteiger partial charge in [0.1, 0.15) is 11.4 Å². The highest BCUT2D eigenvalue weighted by Crippen LogP contribution is 2.32. The fraction of sp³-hybridized carbons (Fsp3) is 0.0625. The minimum absolute atomic E-state index is 0.0943. The summed E-state index contributed by atoms with van der Waals surface area (Å²) in [6.07, 6.45) is 0. The maximum atomic E-state index is 11.1. The zero-order chi connectivity index (χ0) is 15.7. The second-order valence-electron chi connectivity index (χ2n) is 4.73. The molecule has 3 N–H and O–H groups in total. The van der Waals surface area contributed by atoms with Gasteiger partial charge in [-0.3, -0.25) is 0 Å². The van der Waals surface area contributed by atoms with Crippen molar-refractivity contribution in [1.29, 1.82) is 0 Å². The number of aromatic amines is 1. The molecule has 0 bridgehead atoms. The van der Waals surface area contributed by atoms with E-state index in [1.807, 2.05) is 30.3 Å². The Bertz CT molecular complexity index is 858. The Morgan fingerprint density at radius 1 is 1.27 bits per heavy atom. The second-order valence-corrected chi connectivity index (χ2v) is 5.14. The zero-order valence-corrected chi connectivity index (χ0v) is 12.4. The van der Waals surface area contributed by atoms with E-state index in [-0.39, 0.29) is 5.69 Å². The molecule has 3 aromatic rings. The first-order valence-electron chi connectivity index (χ1n) is 6.54. The smallest absolute Gasteiger partial charge is 0.352 e. The summed E-state index contributed by atoms with van der Waals surface area (Å²) in [7, 11) is 1.60. The minimum Gasteiger partial charge on any atom is -0.497 e. The van der Waals surface area contributed by atoms with Gasteiger partial charge in [0.25, 0.3) is 0 Å². The summed E-state index contributed by atoms with van der Waals surface area (Å²) in [5.74, 6) is -0.296. The largest absolute Gasteiger partial charge is 0.497 e. The number of ether oxygens (including phenoxy) is 1. The molecule has 0 saturated heterocycles. The molecule has 1 aromatic heterocycles. The van der Waals surface area contributed by atoms with Crippen LogP contribution in [0.5, 0.6) is 5.75 Å². The number of benzene rings is 2. The van der Waals surface area contributed by atoms with Crippen molar-refractivity contribution in [3.8, 4) is 5.75 Å². The quantitative estimate of drug-likeness (QED) is 0.672. The number of hydrogen-bond acceptors (Lipinski definition) is 3. The Hall–Kier alpha value is -2.66. The molecule has 0 saturated carbocycles. The van der Waals surface area contributed by atoms with Crippen molar-refractivity contribution in [2.75, 3.05) is 12.4 Å². The third-order valence-corrected chi connectivity index (χ3v) is 3.64. The van der Waals surface area contributed by atoms with Crippen LogP contribution in [0, 0.1) is 0 Å². The van der Waals surface area contributed by atoms with Gasteiger partial charge in [-0.2, -0.15) is 0 Å². The van der Waals surface area contributed by atoms with Gasteiger partial charge in [0.05, 0.1) is 17.6 Å². The summed E-state index contributed by atoms with van der Waals surface area (Å²) in [5, 5.41) is 13.6. The number of halogens is 1. The fourth-order valence-corrected chi connectivity index (χ4v) is 2.48. The SMILES string of the molecule is COc1cccc(Nc2ccc(Cl)c3[nH]c(C(=O)O)cc23)c1. The first-order chi connectivity index (χ1) is 10.6. The molecule has 22 heavy (non-hydrogen) atoms. The van der Waals surface area contributed by atoms with E-state index in [1.165, 1.54) is 0 Å². The van der Waals surface area contributed by atoms with E-state index < -0.39 is 5.97 Å². The predicted octanol–water partition coefficient (Wildman–Crippen LogP) is 4.27. The van der Waals surface area contributed by atoms with Crippen LogP contribution in [0.4, 0.5) is 11.4 Å². The number of carboxylic acids is 1. The highest BCUT2D eigenvalue weighted by Gasteiger charge is 2.13. The lowest BCUT2D eigenvalue weighted by Gasteiger charge is -2.09. The number of rotatable bonds is 4. The van der Waals surface area contributed by atoms with Crippen LogP contribution in [0.15, 0.2) is 42.5 Å². The lowest BCUT2D eigenvalue weighted by molar-refractivity contribution is 0.0691. The van der Waals surface area contributed by atoms with Crippen LogP contribution in [-0.2, 0) is 0 Å². The van der Waals surface area contributed by atoms with Gasteiger partial charge in [-0.05, 0) is 30.3 Å². The van der Waals surface area contributed by atoms with Crippen LogP contribution in [0.2, 0.25) is 5.02 Å². The van der Waals surface area contributed by atoms with Gasteiger partial charge in [-0.15, -0.1) is 0 Å². The standard InChI is InChI=1S/C16H13ClN2O3/c1-22-10-4-2-3-9(7-10)18-13-6-5-12(17)15-11(13)8-14(19-15)16(20)21/h2-8,18-19H,1H3,(H,20,21). The van der Waals surface area contributed by atoms with E-state index in [1.54, 1.807) is 19.2 Å². The van der Waals surface area contributed by atoms with E-state index in [4.69, 9.17) is 21.4 Å². The van der Waals surface area contributed by atoms with Gasteiger partial charge >= 0.3 is 5.97 Å². The molecule has 0 aliphatic rings. The van der Waals surface area contributed by atoms with E-state index in [9.17, 15) is 4.79 Å². The fourth-order valence-electron chi connectivity index (χ4n) is 2.27. The third kappa shape index (κ3) is 2.58. The maximum Gasteiger partial charge on any atom is 0.352 e. The first kappa shape index (κ1) is 14.3. The molecule has 112 valence electrons. The van der Waals surface area contributed by atoms with Crippen molar-refractivity contribution in [3.63, 3.8) is 0 Å². The molecule has 0 unspecified atom stereocenters. The van der Waals surface area contributed by atoms with Crippen LogP contribution in [0.25, 0.3) is 10.9 Å². The molecule has 0 fully saturated rings. The van der Waals surface area contributed by atoms with Crippen molar-refractivity contribution >= 4 is 39.8 Å². The van der Waals surface area contributed by atoms with Crippen molar-refractivity contribution in [1.82, 2.24) is 4.98 Å². The van der Waals surface area contributed by atoms with E-state index in [2.05, 4.69) is 10.3 Å². The molecule has 0 radical (unpaired) electrons. The minimum atomic E-state index is -1.03. The Kier molecular flexibility index (Phi) is 3.65. The summed E-state index contributed by atoms with van der Waals surface area (Å²) in [6.45, 7) is 0. The van der Waals surface area contributed by atoms with Gasteiger partial charge in [-0.25, -0.2) is 4.79 Å². The van der Waals surface area contributed by atoms with Crippen LogP contribution in [0.3, 0.4) is 0 Å². The highest BCUT2D eigenvalue weighted by molar-refractivity contribution is 6.35. The first-order valence-corrected chi connectivity index (χ1v) is 6.92. The van der Waals surface area contributed by atoms with Crippen molar-refractivity contribution < 1.29 is 14.6 Å². The molecule has 3 rings (SSSR count). The predicted molar refractivity (Wildman–Crippen MR) is 86.5 cm³/mol. The van der Waals surface area contributed by atoms with E-state index in [0.717, 1.165) is 17.1 Å². The Morgan fingerprint density at radius 3 is 2.82 bits per heavy atom. The van der Waals surface area contributed by atoms with Crippen molar-refractivity contribution in [3.05, 3.63) is 53.2 Å². The lowest BCUT2D eigenvalue weighted by atomic mass is 10.2. The molecule has 1 heterocycles. The summed E-state index contributed by atoms with van der Waals surface area (Å²) in [4.78, 5) is 13.9. The zero-order valence-electron chi connectivity index (χ0n) is 11.7. The maximum absolute atomic E-state index is 11.1. The normalized spacial score (nSPS) is 10.6. The van der Waals surface area contributed by atoms with Crippen LogP contribution in [0.1, 0.15) is 10.5 Å². The molecule has 2 aromatic carbocycles. The number of carbonyl (C=O) groups is 1. The van der Waals surface area contributed by atoms with E-state index in [0.29, 0.717) is 15.9 Å². The molecule has 0 amide bonds. The number of H-pyrrole nitrogens is 1. The Balaban J connectivity index is 2.06. The Labute approximate surface area is 131 Å². The average Bonchev–Trinajstić information content (AvgIpc) is 2.97. The average molecular weight is 317 g/mol. The summed E-state index contributed by atoms with van der Waals surface area (Å²) < 4.78 is 5.19. The number of fused-ring (bicyclic) bond motifs is 1. The number of anilines is 2. The Morgan fingerprint density at radius 2 is 2.09 bits per heavy atom. The molecule has 0 atom stereocenters. The van der Waals surface area contributed by atoms with Gasteiger partial charge in [0, 0.05) is 22.8 Å². The van der Waals surface area contributed by atoms with Crippen LogP contribution < -0.4 is 10.1 Å². The molecule has 0 aliphatic carbocycles. The van der Waals surface area contributed by atoms with Gasteiger partial charge in [-0.1, -0.05) is 17.7 Å². The molecule has 0 spiro atoms. The number of aromatic nitrogens is 1. The van der Waals surface area contributed by atoms with Gasteiger partial charge in [0.15, 0.2) is 0 Å². The van der Waals surface area contributed by atoms with Crippen molar-refractivity contribution in [2.45, 2.75) is 0 Å². The topological polar surface area (TPSA) is 74.3 Å². The number of carboxylic acid groups (broad SMARTS) is 1. The molecular weight excluding hydrogens is 304 g/mol. The lowest BCUT2D eigenvalue weighted by Crippen LogP contribution is -1.94. The highest BCUT2D eigenvalue weighted by atomic mass is 35.5. The summed E-state index contributed by atoms with van der Waals surface area (Å²) in [5.41, 5.74) is 2.28. The van der Waals surface area contributed by atoms with Crippen LogP contribution >= 0.6 is 11.6 Å². The van der Waals surface area contributed by atoms with Gasteiger partial charge in [0.2, 0.25) is 0 Å². The number of aromatic carboxylic acids is 1. The molecule has 6 heteroatoms. The van der Waals surface area contributed by atoms with Crippen molar-refractivity contribution in [2.24, 2.45) is 0 Å².